The van der Waals surface area contributed by atoms with Crippen LogP contribution in [0.2, 0.25) is 0 Å². The minimum Gasteiger partial charge on any atom is -0.495 e. The number of nitrogens with one attached hydrogen (secondary N) is 1. The Kier molecular flexibility index (Phi) is 3.17. The summed E-state index contributed by atoms with van der Waals surface area (Å²) >= 11 is 0. The van der Waals surface area contributed by atoms with E-state index in [1.165, 1.54) is 26.4 Å². The summed E-state index contributed by atoms with van der Waals surface area (Å²) in [5, 5.41) is 12.1. The van der Waals surface area contributed by atoms with Gasteiger partial charge in [-0.3, -0.25) is 10.1 Å². The van der Waals surface area contributed by atoms with E-state index in [2.05, 4.69) is 4.98 Å². The van der Waals surface area contributed by atoms with Crippen LogP contribution < -0.4 is 4.74 Å². The van der Waals surface area contributed by atoms with Gasteiger partial charge >= 0.3 is 5.97 Å². The molecule has 0 fully saturated rings. The van der Waals surface area contributed by atoms with Crippen LogP contribution >= 0.6 is 0 Å². The number of methoxy groups -OCH3 is 2. The lowest BCUT2D eigenvalue weighted by Gasteiger charge is -2.05. The van der Waals surface area contributed by atoms with Gasteiger partial charge in [0.1, 0.15) is 5.75 Å². The highest BCUT2D eigenvalue weighted by Crippen LogP contribution is 2.36. The number of rotatable bonds is 3. The van der Waals surface area contributed by atoms with Crippen LogP contribution in [0, 0.1) is 10.1 Å². The lowest BCUT2D eigenvalue weighted by Crippen LogP contribution is -2.02. The Hall–Kier alpha value is -3.09. The Morgan fingerprint density at radius 1 is 1.23 bits per heavy atom. The number of H-pyrrole nitrogens is 1. The molecule has 7 heteroatoms. The van der Waals surface area contributed by atoms with Gasteiger partial charge < -0.3 is 14.5 Å². The Labute approximate surface area is 124 Å². The second kappa shape index (κ2) is 5.03. The first-order valence-corrected chi connectivity index (χ1v) is 6.42. The van der Waals surface area contributed by atoms with Crippen LogP contribution in [0.25, 0.3) is 21.8 Å². The van der Waals surface area contributed by atoms with E-state index in [1.807, 2.05) is 0 Å². The van der Waals surface area contributed by atoms with Gasteiger partial charge in [0.05, 0.1) is 30.2 Å². The molecule has 112 valence electrons. The van der Waals surface area contributed by atoms with Gasteiger partial charge in [-0.15, -0.1) is 0 Å². The van der Waals surface area contributed by atoms with Crippen molar-refractivity contribution >= 4 is 33.5 Å². The molecule has 0 bridgehead atoms. The lowest BCUT2D eigenvalue weighted by molar-refractivity contribution is -0.384. The number of carbonyl (C=O) groups is 1. The normalized spacial score (nSPS) is 10.8. The lowest BCUT2D eigenvalue weighted by atomic mass is 10.1. The van der Waals surface area contributed by atoms with Crippen LogP contribution in [0.5, 0.6) is 5.75 Å². The summed E-state index contributed by atoms with van der Waals surface area (Å²) in [5.41, 5.74) is 1.55. The number of hydrogen-bond acceptors (Lipinski definition) is 5. The second-order valence-corrected chi connectivity index (χ2v) is 4.67. The molecule has 22 heavy (non-hydrogen) atoms. The predicted molar refractivity (Wildman–Crippen MR) is 80.4 cm³/mol. The largest absolute Gasteiger partial charge is 0.495 e. The molecule has 0 radical (unpaired) electrons. The van der Waals surface area contributed by atoms with Crippen molar-refractivity contribution in [2.45, 2.75) is 0 Å². The van der Waals surface area contributed by atoms with Crippen molar-refractivity contribution in [3.8, 4) is 5.75 Å². The number of fused-ring (bicyclic) bond motifs is 3. The van der Waals surface area contributed by atoms with E-state index in [4.69, 9.17) is 9.47 Å². The zero-order valence-electron chi connectivity index (χ0n) is 11.9. The van der Waals surface area contributed by atoms with Crippen molar-refractivity contribution in [2.75, 3.05) is 14.2 Å². The zero-order valence-corrected chi connectivity index (χ0v) is 11.9. The molecule has 0 amide bonds. The number of nitro benzene ring substituents is 1. The molecule has 0 aliphatic heterocycles. The van der Waals surface area contributed by atoms with E-state index >= 15 is 0 Å². The van der Waals surface area contributed by atoms with Gasteiger partial charge in [0, 0.05) is 28.4 Å². The van der Waals surface area contributed by atoms with Gasteiger partial charge in [-0.05, 0) is 18.2 Å². The SMILES string of the molecule is COC(=O)c1ccc(OC)c2[nH]c3ccc([N+](=O)[O-])cc3c12. The number of nitrogens with zero attached hydrogens (tertiary/aromatic N) is 1. The van der Waals surface area contributed by atoms with Crippen LogP contribution in [-0.2, 0) is 4.74 Å². The summed E-state index contributed by atoms with van der Waals surface area (Å²) in [4.78, 5) is 25.6. The molecule has 0 aliphatic carbocycles. The quantitative estimate of drug-likeness (QED) is 0.456. The highest BCUT2D eigenvalue weighted by Gasteiger charge is 2.19. The molecule has 2 aromatic carbocycles. The van der Waals surface area contributed by atoms with E-state index in [9.17, 15) is 14.9 Å². The van der Waals surface area contributed by atoms with E-state index in [-0.39, 0.29) is 5.69 Å². The summed E-state index contributed by atoms with van der Waals surface area (Å²) < 4.78 is 10.1. The third-order valence-electron chi connectivity index (χ3n) is 3.54. The molecule has 1 aromatic heterocycles. The molecule has 0 spiro atoms. The first-order valence-electron chi connectivity index (χ1n) is 6.42. The number of aromatic nitrogens is 1. The molecule has 0 unspecified atom stereocenters. The van der Waals surface area contributed by atoms with Crippen molar-refractivity contribution in [1.29, 1.82) is 0 Å². The maximum absolute atomic E-state index is 12.0. The average molecular weight is 300 g/mol. The number of esters is 1. The molecule has 3 rings (SSSR count). The number of ether oxygens (including phenoxy) is 2. The Morgan fingerprint density at radius 2 is 2.00 bits per heavy atom. The van der Waals surface area contributed by atoms with Crippen LogP contribution in [0.3, 0.4) is 0 Å². The highest BCUT2D eigenvalue weighted by molar-refractivity contribution is 6.18. The van der Waals surface area contributed by atoms with Crippen LogP contribution in [0.15, 0.2) is 30.3 Å². The molecule has 3 aromatic rings. The molecule has 0 saturated carbocycles. The maximum atomic E-state index is 12.0. The molecule has 1 N–H and O–H groups in total. The Bertz CT molecular complexity index is 913. The molecular formula is C15H12N2O5. The van der Waals surface area contributed by atoms with Gasteiger partial charge in [0.25, 0.3) is 5.69 Å². The van der Waals surface area contributed by atoms with Gasteiger partial charge in [-0.2, -0.15) is 0 Å². The number of nitro groups is 1. The van der Waals surface area contributed by atoms with Gasteiger partial charge in [0.15, 0.2) is 0 Å². The summed E-state index contributed by atoms with van der Waals surface area (Å²) in [7, 11) is 2.80. The summed E-state index contributed by atoms with van der Waals surface area (Å²) in [6.07, 6.45) is 0. The monoisotopic (exact) mass is 300 g/mol. The van der Waals surface area contributed by atoms with Gasteiger partial charge in [0.2, 0.25) is 0 Å². The molecule has 0 atom stereocenters. The van der Waals surface area contributed by atoms with Crippen LogP contribution in [-0.4, -0.2) is 30.1 Å². The van der Waals surface area contributed by atoms with Crippen molar-refractivity contribution in [1.82, 2.24) is 4.98 Å². The molecule has 0 saturated heterocycles. The van der Waals surface area contributed by atoms with Crippen LogP contribution in [0.4, 0.5) is 5.69 Å². The minimum atomic E-state index is -0.514. The first kappa shape index (κ1) is 13.9. The third-order valence-corrected chi connectivity index (χ3v) is 3.54. The predicted octanol–water partition coefficient (Wildman–Crippen LogP) is 3.02. The number of carbonyl (C=O) groups excluding carboxylic acids is 1. The van der Waals surface area contributed by atoms with Gasteiger partial charge in [-0.25, -0.2) is 4.79 Å². The topological polar surface area (TPSA) is 94.5 Å². The van der Waals surface area contributed by atoms with E-state index in [0.29, 0.717) is 33.1 Å². The number of aromatic amines is 1. The fourth-order valence-electron chi connectivity index (χ4n) is 2.53. The van der Waals surface area contributed by atoms with Crippen molar-refractivity contribution in [3.05, 3.63) is 46.0 Å². The number of hydrogen-bond donors (Lipinski definition) is 1. The number of benzene rings is 2. The summed E-state index contributed by atoms with van der Waals surface area (Å²) in [6, 6.07) is 7.67. The van der Waals surface area contributed by atoms with E-state index in [0.717, 1.165) is 0 Å². The molecule has 1 heterocycles. The van der Waals surface area contributed by atoms with E-state index in [1.54, 1.807) is 18.2 Å². The van der Waals surface area contributed by atoms with E-state index < -0.39 is 10.9 Å². The van der Waals surface area contributed by atoms with Crippen molar-refractivity contribution < 1.29 is 19.2 Å². The zero-order chi connectivity index (χ0) is 15.9. The maximum Gasteiger partial charge on any atom is 0.338 e. The molecule has 0 aliphatic rings. The molecule has 7 nitrogen and oxygen atoms in total. The smallest absolute Gasteiger partial charge is 0.338 e. The van der Waals surface area contributed by atoms with Crippen molar-refractivity contribution in [3.63, 3.8) is 0 Å². The first-order chi connectivity index (χ1) is 10.6. The second-order valence-electron chi connectivity index (χ2n) is 4.67. The molecular weight excluding hydrogens is 288 g/mol. The Morgan fingerprint density at radius 3 is 2.64 bits per heavy atom. The average Bonchev–Trinajstić information content (AvgIpc) is 2.91. The summed E-state index contributed by atoms with van der Waals surface area (Å²) in [6.45, 7) is 0. The fourth-order valence-corrected chi connectivity index (χ4v) is 2.53. The minimum absolute atomic E-state index is 0.0490. The highest BCUT2D eigenvalue weighted by atomic mass is 16.6. The standard InChI is InChI=1S/C15H12N2O5/c1-21-12-6-4-9(15(18)22-2)13-10-7-8(17(19)20)3-5-11(10)16-14(12)13/h3-7,16H,1-2H3. The third kappa shape index (κ3) is 1.95. The van der Waals surface area contributed by atoms with Gasteiger partial charge in [-0.1, -0.05) is 0 Å². The summed E-state index contributed by atoms with van der Waals surface area (Å²) in [5.74, 6) is 0.0292. The van der Waals surface area contributed by atoms with Crippen LogP contribution in [0.1, 0.15) is 10.4 Å². The number of non-ortho nitro benzene ring substituents is 1. The Balaban J connectivity index is 2.46. The fraction of sp³-hybridized carbons (Fsp3) is 0.133. The van der Waals surface area contributed by atoms with Crippen molar-refractivity contribution in [2.24, 2.45) is 0 Å².